The molecular formula is C14H16BrN3. The molecule has 0 atom stereocenters. The minimum atomic E-state index is 0.678. The molecule has 1 heterocycles. The molecule has 0 spiro atoms. The Kier molecular flexibility index (Phi) is 3.57. The number of rotatable bonds is 3. The van der Waals surface area contributed by atoms with E-state index in [1.165, 1.54) is 5.56 Å². The highest BCUT2D eigenvalue weighted by molar-refractivity contribution is 9.10. The van der Waals surface area contributed by atoms with Gasteiger partial charge < -0.3 is 10.3 Å². The summed E-state index contributed by atoms with van der Waals surface area (Å²) in [6, 6.07) is 6.14. The van der Waals surface area contributed by atoms with Crippen LogP contribution in [0.2, 0.25) is 0 Å². The number of imidazole rings is 1. The molecule has 0 bridgehead atoms. The number of nitrogens with two attached hydrogens (primary N) is 1. The number of allylic oxidation sites excluding steroid dienone is 1. The Morgan fingerprint density at radius 1 is 1.44 bits per heavy atom. The average molecular weight is 306 g/mol. The fourth-order valence-corrected chi connectivity index (χ4v) is 2.27. The first-order valence-corrected chi connectivity index (χ1v) is 6.54. The third kappa shape index (κ3) is 2.20. The maximum atomic E-state index is 6.15. The molecular weight excluding hydrogens is 290 g/mol. The van der Waals surface area contributed by atoms with E-state index in [4.69, 9.17) is 5.73 Å². The second-order valence-corrected chi connectivity index (χ2v) is 5.11. The highest BCUT2D eigenvalue weighted by Crippen LogP contribution is 2.29. The quantitative estimate of drug-likeness (QED) is 0.879. The van der Waals surface area contributed by atoms with Gasteiger partial charge >= 0.3 is 0 Å². The van der Waals surface area contributed by atoms with Gasteiger partial charge in [-0.15, -0.1) is 6.58 Å². The molecule has 0 fully saturated rings. The number of hydrogen-bond acceptors (Lipinski definition) is 2. The van der Waals surface area contributed by atoms with E-state index in [-0.39, 0.29) is 0 Å². The van der Waals surface area contributed by atoms with Crippen LogP contribution in [0.15, 0.2) is 35.3 Å². The number of anilines is 1. The first-order chi connectivity index (χ1) is 8.54. The lowest BCUT2D eigenvalue weighted by Crippen LogP contribution is -2.03. The summed E-state index contributed by atoms with van der Waals surface area (Å²) in [5.41, 5.74) is 9.19. The van der Waals surface area contributed by atoms with Crippen molar-refractivity contribution in [1.29, 1.82) is 0 Å². The van der Waals surface area contributed by atoms with E-state index in [1.54, 1.807) is 0 Å². The standard InChI is InChI=1S/C14H16BrN3/c1-4-7-18-10(3)17-13(14(18)16)11-6-5-9(2)12(15)8-11/h4-6,8H,1,7,16H2,2-3H3. The zero-order valence-electron chi connectivity index (χ0n) is 10.6. The maximum absolute atomic E-state index is 6.15. The molecule has 18 heavy (non-hydrogen) atoms. The van der Waals surface area contributed by atoms with Gasteiger partial charge in [0.25, 0.3) is 0 Å². The van der Waals surface area contributed by atoms with Crippen molar-refractivity contribution in [2.24, 2.45) is 0 Å². The van der Waals surface area contributed by atoms with Gasteiger partial charge in [0.15, 0.2) is 0 Å². The summed E-state index contributed by atoms with van der Waals surface area (Å²) in [5, 5.41) is 0. The Bertz CT molecular complexity index is 599. The lowest BCUT2D eigenvalue weighted by Gasteiger charge is -2.05. The molecule has 3 nitrogen and oxygen atoms in total. The molecule has 2 aromatic rings. The van der Waals surface area contributed by atoms with E-state index in [0.717, 1.165) is 21.6 Å². The number of halogens is 1. The van der Waals surface area contributed by atoms with Crippen molar-refractivity contribution in [3.63, 3.8) is 0 Å². The Labute approximate surface area is 115 Å². The largest absolute Gasteiger partial charge is 0.383 e. The topological polar surface area (TPSA) is 43.8 Å². The van der Waals surface area contributed by atoms with E-state index in [9.17, 15) is 0 Å². The summed E-state index contributed by atoms with van der Waals surface area (Å²) >= 11 is 3.53. The monoisotopic (exact) mass is 305 g/mol. The summed E-state index contributed by atoms with van der Waals surface area (Å²) in [7, 11) is 0. The minimum Gasteiger partial charge on any atom is -0.383 e. The second-order valence-electron chi connectivity index (χ2n) is 4.26. The second kappa shape index (κ2) is 4.98. The lowest BCUT2D eigenvalue weighted by atomic mass is 10.1. The van der Waals surface area contributed by atoms with E-state index >= 15 is 0 Å². The number of aryl methyl sites for hydroxylation is 2. The van der Waals surface area contributed by atoms with Crippen molar-refractivity contribution in [1.82, 2.24) is 9.55 Å². The van der Waals surface area contributed by atoms with Gasteiger partial charge in [0.05, 0.1) is 0 Å². The number of hydrogen-bond donors (Lipinski definition) is 1. The van der Waals surface area contributed by atoms with Crippen LogP contribution in [0.25, 0.3) is 11.3 Å². The first kappa shape index (κ1) is 12.9. The first-order valence-electron chi connectivity index (χ1n) is 5.74. The summed E-state index contributed by atoms with van der Waals surface area (Å²) in [5.74, 6) is 1.59. The van der Waals surface area contributed by atoms with Crippen LogP contribution < -0.4 is 5.73 Å². The van der Waals surface area contributed by atoms with Gasteiger partial charge in [-0.25, -0.2) is 4.98 Å². The lowest BCUT2D eigenvalue weighted by molar-refractivity contribution is 0.792. The van der Waals surface area contributed by atoms with Gasteiger partial charge in [0.2, 0.25) is 0 Å². The zero-order chi connectivity index (χ0) is 13.3. The number of nitrogens with zero attached hydrogens (tertiary/aromatic N) is 2. The van der Waals surface area contributed by atoms with Gasteiger partial charge in [-0.05, 0) is 25.5 Å². The highest BCUT2D eigenvalue weighted by Gasteiger charge is 2.13. The third-order valence-electron chi connectivity index (χ3n) is 2.95. The van der Waals surface area contributed by atoms with Crippen LogP contribution in [-0.2, 0) is 6.54 Å². The van der Waals surface area contributed by atoms with E-state index < -0.39 is 0 Å². The van der Waals surface area contributed by atoms with Gasteiger partial charge in [-0.2, -0.15) is 0 Å². The molecule has 4 heteroatoms. The minimum absolute atomic E-state index is 0.678. The Morgan fingerprint density at radius 2 is 2.17 bits per heavy atom. The smallest absolute Gasteiger partial charge is 0.132 e. The molecule has 0 aliphatic rings. The van der Waals surface area contributed by atoms with Crippen molar-refractivity contribution in [3.05, 3.63) is 46.7 Å². The van der Waals surface area contributed by atoms with Crippen LogP contribution in [0.1, 0.15) is 11.4 Å². The van der Waals surface area contributed by atoms with Crippen molar-refractivity contribution in [3.8, 4) is 11.3 Å². The molecule has 2 rings (SSSR count). The fourth-order valence-electron chi connectivity index (χ4n) is 1.89. The van der Waals surface area contributed by atoms with Crippen LogP contribution in [0.3, 0.4) is 0 Å². The van der Waals surface area contributed by atoms with Crippen molar-refractivity contribution < 1.29 is 0 Å². The summed E-state index contributed by atoms with van der Waals surface area (Å²) in [4.78, 5) is 4.54. The number of nitrogen functional groups attached to an aromatic ring is 1. The normalized spacial score (nSPS) is 10.6. The van der Waals surface area contributed by atoms with Crippen LogP contribution in [0, 0.1) is 13.8 Å². The van der Waals surface area contributed by atoms with Crippen LogP contribution >= 0.6 is 15.9 Å². The van der Waals surface area contributed by atoms with Gasteiger partial charge in [0, 0.05) is 16.6 Å². The van der Waals surface area contributed by atoms with Crippen molar-refractivity contribution in [2.75, 3.05) is 5.73 Å². The predicted octanol–water partition coefficient (Wildman–Crippen LogP) is 3.70. The van der Waals surface area contributed by atoms with Crippen molar-refractivity contribution in [2.45, 2.75) is 20.4 Å². The average Bonchev–Trinajstić information content (AvgIpc) is 2.61. The summed E-state index contributed by atoms with van der Waals surface area (Å²) < 4.78 is 3.02. The van der Waals surface area contributed by atoms with Crippen LogP contribution in [0.5, 0.6) is 0 Å². The zero-order valence-corrected chi connectivity index (χ0v) is 12.2. The molecule has 94 valence electrons. The molecule has 1 aromatic carbocycles. The highest BCUT2D eigenvalue weighted by atomic mass is 79.9. The number of aromatic nitrogens is 2. The SMILES string of the molecule is C=CCn1c(C)nc(-c2ccc(C)c(Br)c2)c1N. The van der Waals surface area contributed by atoms with Crippen molar-refractivity contribution >= 4 is 21.7 Å². The van der Waals surface area contributed by atoms with Crippen LogP contribution in [0.4, 0.5) is 5.82 Å². The maximum Gasteiger partial charge on any atom is 0.132 e. The van der Waals surface area contributed by atoms with Crippen LogP contribution in [-0.4, -0.2) is 9.55 Å². The number of benzene rings is 1. The molecule has 0 unspecified atom stereocenters. The molecule has 0 aliphatic heterocycles. The molecule has 0 aliphatic carbocycles. The van der Waals surface area contributed by atoms with Gasteiger partial charge in [-0.3, -0.25) is 0 Å². The Hall–Kier alpha value is -1.55. The molecule has 0 saturated carbocycles. The molecule has 2 N–H and O–H groups in total. The fraction of sp³-hybridized carbons (Fsp3) is 0.214. The molecule has 0 radical (unpaired) electrons. The van der Waals surface area contributed by atoms with E-state index in [0.29, 0.717) is 12.4 Å². The molecule has 0 amide bonds. The molecule has 1 aromatic heterocycles. The van der Waals surface area contributed by atoms with Gasteiger partial charge in [-0.1, -0.05) is 34.1 Å². The Morgan fingerprint density at radius 3 is 2.78 bits per heavy atom. The van der Waals surface area contributed by atoms with Gasteiger partial charge in [0.1, 0.15) is 17.3 Å². The predicted molar refractivity (Wildman–Crippen MR) is 79.4 cm³/mol. The van der Waals surface area contributed by atoms with E-state index in [2.05, 4.69) is 40.5 Å². The summed E-state index contributed by atoms with van der Waals surface area (Å²) in [6.45, 7) is 8.42. The van der Waals surface area contributed by atoms with E-state index in [1.807, 2.05) is 29.7 Å². The third-order valence-corrected chi connectivity index (χ3v) is 3.81. The summed E-state index contributed by atoms with van der Waals surface area (Å²) in [6.07, 6.45) is 1.82. The Balaban J connectivity index is 2.54. The molecule has 0 saturated heterocycles.